The van der Waals surface area contributed by atoms with Crippen molar-refractivity contribution in [2.45, 2.75) is 13.8 Å². The number of aryl methyl sites for hydroxylation is 1. The van der Waals surface area contributed by atoms with Crippen molar-refractivity contribution in [3.63, 3.8) is 0 Å². The van der Waals surface area contributed by atoms with E-state index in [4.69, 9.17) is 11.6 Å². The lowest BCUT2D eigenvalue weighted by atomic mass is 10.1. The molecular weight excluding hydrogens is 478 g/mol. The third-order valence-electron chi connectivity index (χ3n) is 7.01. The molecule has 5 heteroatoms. The molecule has 0 radical (unpaired) electrons. The molecule has 0 spiro atoms. The number of hydrogen-bond donors (Lipinski definition) is 0. The highest BCUT2D eigenvalue weighted by Crippen LogP contribution is 2.31. The minimum atomic E-state index is 0.0959. The zero-order chi connectivity index (χ0) is 25.8. The number of piperazine rings is 1. The maximum Gasteiger partial charge on any atom is 0.255 e. The summed E-state index contributed by atoms with van der Waals surface area (Å²) in [4.78, 5) is 18.1. The lowest BCUT2D eigenvalue weighted by molar-refractivity contribution is 0.0649. The third-order valence-corrected chi connectivity index (χ3v) is 7.26. The van der Waals surface area contributed by atoms with Crippen molar-refractivity contribution in [1.29, 1.82) is 0 Å². The molecule has 0 aliphatic carbocycles. The van der Waals surface area contributed by atoms with Gasteiger partial charge in [-0.15, -0.1) is 0 Å². The van der Waals surface area contributed by atoms with E-state index >= 15 is 0 Å². The monoisotopic (exact) mass is 509 g/mol. The summed E-state index contributed by atoms with van der Waals surface area (Å²) in [5.74, 6) is 0.0959. The Morgan fingerprint density at radius 1 is 0.865 bits per heavy atom. The number of carbonyl (C=O) groups is 1. The summed E-state index contributed by atoms with van der Waals surface area (Å²) in [6, 6.07) is 28.6. The largest absolute Gasteiger partial charge is 0.336 e. The first-order valence-corrected chi connectivity index (χ1v) is 13.2. The zero-order valence-corrected chi connectivity index (χ0v) is 22.2. The van der Waals surface area contributed by atoms with Crippen molar-refractivity contribution in [3.8, 4) is 16.9 Å². The molecule has 0 saturated carbocycles. The van der Waals surface area contributed by atoms with E-state index in [0.717, 1.165) is 60.9 Å². The van der Waals surface area contributed by atoms with E-state index < -0.39 is 0 Å². The van der Waals surface area contributed by atoms with Gasteiger partial charge in [0.2, 0.25) is 0 Å². The summed E-state index contributed by atoms with van der Waals surface area (Å²) < 4.78 is 2.19. The second kappa shape index (κ2) is 11.2. The summed E-state index contributed by atoms with van der Waals surface area (Å²) in [6.07, 6.45) is 4.37. The fourth-order valence-electron chi connectivity index (χ4n) is 4.96. The lowest BCUT2D eigenvalue weighted by Crippen LogP contribution is -2.48. The van der Waals surface area contributed by atoms with Crippen molar-refractivity contribution in [2.75, 3.05) is 32.7 Å². The summed E-state index contributed by atoms with van der Waals surface area (Å²) in [5.41, 5.74) is 7.17. The molecule has 188 valence electrons. The topological polar surface area (TPSA) is 28.5 Å². The van der Waals surface area contributed by atoms with Crippen LogP contribution in [0.4, 0.5) is 0 Å². The maximum absolute atomic E-state index is 13.7. The van der Waals surface area contributed by atoms with E-state index in [-0.39, 0.29) is 5.91 Å². The highest BCUT2D eigenvalue weighted by Gasteiger charge is 2.26. The van der Waals surface area contributed by atoms with Crippen LogP contribution < -0.4 is 0 Å². The molecule has 0 atom stereocenters. The average molecular weight is 510 g/mol. The van der Waals surface area contributed by atoms with E-state index in [9.17, 15) is 4.79 Å². The van der Waals surface area contributed by atoms with Crippen LogP contribution >= 0.6 is 11.6 Å². The Morgan fingerprint density at radius 2 is 1.59 bits per heavy atom. The van der Waals surface area contributed by atoms with Gasteiger partial charge < -0.3 is 9.47 Å². The van der Waals surface area contributed by atoms with Gasteiger partial charge in [0, 0.05) is 49.1 Å². The standard InChI is InChI=1S/C32H32ClN3O/c1-24-8-6-12-29(22-24)36-25(2)30(23-31(36)27-13-15-28(33)16-14-27)32(37)35-20-18-34(19-21-35)17-7-11-26-9-4-3-5-10-26/h3-16,22-23H,17-21H2,1-2H3. The minimum absolute atomic E-state index is 0.0959. The summed E-state index contributed by atoms with van der Waals surface area (Å²) in [6.45, 7) is 8.21. The number of benzene rings is 3. The molecule has 4 aromatic rings. The predicted molar refractivity (Wildman–Crippen MR) is 154 cm³/mol. The molecule has 1 saturated heterocycles. The predicted octanol–water partition coefficient (Wildman–Crippen LogP) is 6.89. The van der Waals surface area contributed by atoms with Gasteiger partial charge in [0.05, 0.1) is 11.3 Å². The van der Waals surface area contributed by atoms with E-state index in [1.165, 1.54) is 11.1 Å². The third kappa shape index (κ3) is 5.71. The molecule has 5 rings (SSSR count). The first kappa shape index (κ1) is 25.1. The fraction of sp³-hybridized carbons (Fsp3) is 0.219. The van der Waals surface area contributed by atoms with Crippen molar-refractivity contribution < 1.29 is 4.79 Å². The van der Waals surface area contributed by atoms with Crippen LogP contribution in [0.5, 0.6) is 0 Å². The first-order valence-electron chi connectivity index (χ1n) is 12.8. The first-order chi connectivity index (χ1) is 18.0. The number of halogens is 1. The molecule has 0 unspecified atom stereocenters. The van der Waals surface area contributed by atoms with Gasteiger partial charge in [-0.1, -0.05) is 78.4 Å². The Balaban J connectivity index is 1.35. The smallest absolute Gasteiger partial charge is 0.255 e. The van der Waals surface area contributed by atoms with Gasteiger partial charge in [0.1, 0.15) is 0 Å². The molecule has 2 heterocycles. The fourth-order valence-corrected chi connectivity index (χ4v) is 5.09. The second-order valence-corrected chi connectivity index (χ2v) is 10.1. The molecule has 0 N–H and O–H groups in total. The Kier molecular flexibility index (Phi) is 7.59. The van der Waals surface area contributed by atoms with Crippen molar-refractivity contribution >= 4 is 23.6 Å². The maximum atomic E-state index is 13.7. The van der Waals surface area contributed by atoms with Crippen LogP contribution in [0.2, 0.25) is 5.02 Å². The van der Waals surface area contributed by atoms with Crippen molar-refractivity contribution in [3.05, 3.63) is 118 Å². The number of nitrogens with zero attached hydrogens (tertiary/aromatic N) is 3. The molecular formula is C32H32ClN3O. The molecule has 1 aliphatic rings. The summed E-state index contributed by atoms with van der Waals surface area (Å²) in [5, 5.41) is 0.696. The van der Waals surface area contributed by atoms with Crippen LogP contribution in [0.3, 0.4) is 0 Å². The van der Waals surface area contributed by atoms with Crippen LogP contribution in [0.1, 0.15) is 27.2 Å². The van der Waals surface area contributed by atoms with Crippen LogP contribution in [0, 0.1) is 13.8 Å². The number of amides is 1. The molecule has 1 fully saturated rings. The van der Waals surface area contributed by atoms with Crippen LogP contribution in [-0.2, 0) is 0 Å². The van der Waals surface area contributed by atoms with Gasteiger partial charge >= 0.3 is 0 Å². The van der Waals surface area contributed by atoms with Gasteiger partial charge in [-0.2, -0.15) is 0 Å². The van der Waals surface area contributed by atoms with E-state index in [1.54, 1.807) is 0 Å². The Hall–Kier alpha value is -3.60. The van der Waals surface area contributed by atoms with Gasteiger partial charge in [0.15, 0.2) is 0 Å². The van der Waals surface area contributed by atoms with Gasteiger partial charge in [-0.3, -0.25) is 9.69 Å². The van der Waals surface area contributed by atoms with Crippen LogP contribution in [-0.4, -0.2) is 53.0 Å². The number of carbonyl (C=O) groups excluding carboxylic acids is 1. The number of hydrogen-bond acceptors (Lipinski definition) is 2. The molecule has 1 amide bonds. The van der Waals surface area contributed by atoms with E-state index in [1.807, 2.05) is 48.2 Å². The zero-order valence-electron chi connectivity index (χ0n) is 21.4. The number of aromatic nitrogens is 1. The van der Waals surface area contributed by atoms with E-state index in [2.05, 4.69) is 77.1 Å². The van der Waals surface area contributed by atoms with Gasteiger partial charge in [0.25, 0.3) is 5.91 Å². The quantitative estimate of drug-likeness (QED) is 0.283. The SMILES string of the molecule is Cc1cccc(-n2c(-c3ccc(Cl)cc3)cc(C(=O)N3CCN(CC=Cc4ccccc4)CC3)c2C)c1. The second-order valence-electron chi connectivity index (χ2n) is 9.62. The molecule has 1 aromatic heterocycles. The molecule has 4 nitrogen and oxygen atoms in total. The molecule has 1 aliphatic heterocycles. The van der Waals surface area contributed by atoms with Gasteiger partial charge in [-0.25, -0.2) is 0 Å². The Bertz CT molecular complexity index is 1400. The van der Waals surface area contributed by atoms with Crippen molar-refractivity contribution in [2.24, 2.45) is 0 Å². The van der Waals surface area contributed by atoms with Crippen LogP contribution in [0.25, 0.3) is 23.0 Å². The van der Waals surface area contributed by atoms with Crippen molar-refractivity contribution in [1.82, 2.24) is 14.4 Å². The van der Waals surface area contributed by atoms with Gasteiger partial charge in [-0.05, 0) is 60.9 Å². The molecule has 37 heavy (non-hydrogen) atoms. The average Bonchev–Trinajstić information content (AvgIpc) is 3.26. The lowest BCUT2D eigenvalue weighted by Gasteiger charge is -2.34. The van der Waals surface area contributed by atoms with E-state index in [0.29, 0.717) is 5.02 Å². The Labute approximate surface area is 224 Å². The summed E-state index contributed by atoms with van der Waals surface area (Å²) in [7, 11) is 0. The summed E-state index contributed by atoms with van der Waals surface area (Å²) >= 11 is 6.16. The highest BCUT2D eigenvalue weighted by molar-refractivity contribution is 6.30. The highest BCUT2D eigenvalue weighted by atomic mass is 35.5. The normalized spacial score (nSPS) is 14.4. The van der Waals surface area contributed by atoms with Crippen LogP contribution in [0.15, 0.2) is 91.0 Å². The number of rotatable bonds is 6. The molecule has 3 aromatic carbocycles. The Morgan fingerprint density at radius 3 is 2.30 bits per heavy atom. The minimum Gasteiger partial charge on any atom is -0.336 e. The molecule has 0 bridgehead atoms.